The molecule has 1 aliphatic carbocycles. The molecule has 1 saturated heterocycles. The van der Waals surface area contributed by atoms with Gasteiger partial charge in [0.2, 0.25) is 11.8 Å². The van der Waals surface area contributed by atoms with Gasteiger partial charge in [0.25, 0.3) is 5.56 Å². The highest BCUT2D eigenvalue weighted by atomic mass is 16.2. The average molecular weight is 319 g/mol. The zero-order valence-corrected chi connectivity index (χ0v) is 12.4. The van der Waals surface area contributed by atoms with E-state index >= 15 is 0 Å². The molecular weight excluding hydrogens is 302 g/mol. The first-order valence-electron chi connectivity index (χ1n) is 7.49. The summed E-state index contributed by atoms with van der Waals surface area (Å²) >= 11 is 0. The number of nitrogens with zero attached hydrogens (tertiary/aromatic N) is 2. The Bertz CT molecular complexity index is 709. The highest BCUT2D eigenvalue weighted by Gasteiger charge is 2.32. The molecule has 0 bridgehead atoms. The Morgan fingerprint density at radius 1 is 1.30 bits per heavy atom. The van der Waals surface area contributed by atoms with Gasteiger partial charge in [-0.25, -0.2) is 9.48 Å². The smallest absolute Gasteiger partial charge is 0.321 e. The molecule has 2 fully saturated rings. The maximum atomic E-state index is 11.9. The van der Waals surface area contributed by atoms with Gasteiger partial charge in [-0.3, -0.25) is 19.7 Å². The van der Waals surface area contributed by atoms with Gasteiger partial charge in [-0.1, -0.05) is 0 Å². The van der Waals surface area contributed by atoms with E-state index in [1.807, 2.05) is 5.32 Å². The number of hydrogen-bond acceptors (Lipinski definition) is 5. The van der Waals surface area contributed by atoms with Gasteiger partial charge >= 0.3 is 6.03 Å². The van der Waals surface area contributed by atoms with E-state index in [0.29, 0.717) is 5.92 Å². The molecular formula is C14H17N5O4. The third-order valence-corrected chi connectivity index (χ3v) is 3.84. The largest absolute Gasteiger partial charge is 0.353 e. The van der Waals surface area contributed by atoms with Crippen LogP contribution in [0.4, 0.5) is 4.79 Å². The quantitative estimate of drug-likeness (QED) is 0.582. The van der Waals surface area contributed by atoms with E-state index in [0.717, 1.165) is 18.5 Å². The van der Waals surface area contributed by atoms with Gasteiger partial charge in [-0.2, -0.15) is 5.10 Å². The summed E-state index contributed by atoms with van der Waals surface area (Å²) in [7, 11) is 0. The second kappa shape index (κ2) is 6.19. The van der Waals surface area contributed by atoms with Gasteiger partial charge in [-0.05, 0) is 18.9 Å². The number of imide groups is 1. The predicted molar refractivity (Wildman–Crippen MR) is 78.5 cm³/mol. The van der Waals surface area contributed by atoms with Gasteiger partial charge in [0.05, 0.1) is 12.2 Å². The zero-order chi connectivity index (χ0) is 16.4. The van der Waals surface area contributed by atoms with Gasteiger partial charge < -0.3 is 10.6 Å². The molecule has 0 radical (unpaired) electrons. The van der Waals surface area contributed by atoms with Gasteiger partial charge in [-0.15, -0.1) is 0 Å². The maximum absolute atomic E-state index is 11.9. The molecule has 1 atom stereocenters. The highest BCUT2D eigenvalue weighted by Crippen LogP contribution is 2.38. The van der Waals surface area contributed by atoms with Crippen molar-refractivity contribution in [1.29, 1.82) is 0 Å². The molecule has 9 nitrogen and oxygen atoms in total. The van der Waals surface area contributed by atoms with E-state index in [1.54, 1.807) is 6.07 Å². The monoisotopic (exact) mass is 319 g/mol. The summed E-state index contributed by atoms with van der Waals surface area (Å²) in [5.41, 5.74) is 0.664. The molecule has 122 valence electrons. The second-order valence-electron chi connectivity index (χ2n) is 5.64. The minimum absolute atomic E-state index is 0.0358. The highest BCUT2D eigenvalue weighted by molar-refractivity contribution is 6.08. The number of carbonyl (C=O) groups is 3. The van der Waals surface area contributed by atoms with Crippen LogP contribution in [0.25, 0.3) is 0 Å². The Balaban J connectivity index is 1.54. The molecule has 23 heavy (non-hydrogen) atoms. The van der Waals surface area contributed by atoms with Gasteiger partial charge in [0.15, 0.2) is 0 Å². The summed E-state index contributed by atoms with van der Waals surface area (Å²) in [6.45, 7) is 0.370. The Morgan fingerprint density at radius 2 is 2.09 bits per heavy atom. The topological polar surface area (TPSA) is 122 Å². The van der Waals surface area contributed by atoms with Crippen molar-refractivity contribution in [3.63, 3.8) is 0 Å². The van der Waals surface area contributed by atoms with Crippen LogP contribution in [-0.4, -0.2) is 40.7 Å². The Hall–Kier alpha value is -2.71. The van der Waals surface area contributed by atoms with E-state index < -0.39 is 23.8 Å². The van der Waals surface area contributed by atoms with E-state index in [-0.39, 0.29) is 25.2 Å². The first kappa shape index (κ1) is 15.2. The Kier molecular flexibility index (Phi) is 4.09. The third-order valence-electron chi connectivity index (χ3n) is 3.84. The van der Waals surface area contributed by atoms with Crippen molar-refractivity contribution in [2.45, 2.75) is 25.3 Å². The summed E-state index contributed by atoms with van der Waals surface area (Å²) in [6, 6.07) is 2.61. The lowest BCUT2D eigenvalue weighted by Gasteiger charge is -2.21. The fourth-order valence-electron chi connectivity index (χ4n) is 2.37. The van der Waals surface area contributed by atoms with Crippen molar-refractivity contribution in [1.82, 2.24) is 25.7 Å². The van der Waals surface area contributed by atoms with Gasteiger partial charge in [0, 0.05) is 25.1 Å². The van der Waals surface area contributed by atoms with Crippen LogP contribution < -0.4 is 21.5 Å². The van der Waals surface area contributed by atoms with Crippen LogP contribution in [0.2, 0.25) is 0 Å². The molecule has 1 saturated carbocycles. The van der Waals surface area contributed by atoms with E-state index in [9.17, 15) is 19.2 Å². The maximum Gasteiger partial charge on any atom is 0.321 e. The lowest BCUT2D eigenvalue weighted by atomic mass is 10.1. The molecule has 0 spiro atoms. The van der Waals surface area contributed by atoms with Crippen molar-refractivity contribution < 1.29 is 14.4 Å². The fraction of sp³-hybridized carbons (Fsp3) is 0.500. The molecule has 0 aromatic carbocycles. The normalized spacial score (nSPS) is 20.6. The van der Waals surface area contributed by atoms with Crippen LogP contribution in [0.3, 0.4) is 0 Å². The average Bonchev–Trinajstić information content (AvgIpc) is 3.33. The minimum Gasteiger partial charge on any atom is -0.353 e. The summed E-state index contributed by atoms with van der Waals surface area (Å²) in [5.74, 6) is -1.65. The predicted octanol–water partition coefficient (Wildman–Crippen LogP) is -1.31. The molecule has 2 aliphatic rings. The lowest BCUT2D eigenvalue weighted by Crippen LogP contribution is -2.56. The molecule has 9 heteroatoms. The third kappa shape index (κ3) is 3.55. The summed E-state index contributed by atoms with van der Waals surface area (Å²) in [6.07, 6.45) is 2.18. The van der Waals surface area contributed by atoms with E-state index in [1.165, 1.54) is 10.7 Å². The van der Waals surface area contributed by atoms with Crippen molar-refractivity contribution in [2.75, 3.05) is 13.1 Å². The molecule has 2 heterocycles. The first-order chi connectivity index (χ1) is 11.0. The van der Waals surface area contributed by atoms with Crippen molar-refractivity contribution >= 4 is 17.8 Å². The van der Waals surface area contributed by atoms with Crippen LogP contribution in [0.5, 0.6) is 0 Å². The van der Waals surface area contributed by atoms with E-state index in [4.69, 9.17) is 0 Å². The second-order valence-corrected chi connectivity index (χ2v) is 5.64. The van der Waals surface area contributed by atoms with Crippen molar-refractivity contribution in [2.24, 2.45) is 5.92 Å². The van der Waals surface area contributed by atoms with Crippen LogP contribution in [0.1, 0.15) is 24.5 Å². The Morgan fingerprint density at radius 3 is 2.78 bits per heavy atom. The van der Waals surface area contributed by atoms with Crippen molar-refractivity contribution in [3.05, 3.63) is 28.2 Å². The Labute approximate surface area is 131 Å². The summed E-state index contributed by atoms with van der Waals surface area (Å²) in [5, 5.41) is 11.3. The number of aromatic nitrogens is 2. The minimum atomic E-state index is -0.963. The molecule has 3 N–H and O–H groups in total. The summed E-state index contributed by atoms with van der Waals surface area (Å²) < 4.78 is 1.32. The van der Waals surface area contributed by atoms with Crippen LogP contribution >= 0.6 is 0 Å². The van der Waals surface area contributed by atoms with Gasteiger partial charge in [0.1, 0.15) is 5.92 Å². The van der Waals surface area contributed by atoms with E-state index in [2.05, 4.69) is 15.7 Å². The number of amides is 4. The number of urea groups is 1. The van der Waals surface area contributed by atoms with Crippen LogP contribution in [0.15, 0.2) is 16.9 Å². The fourth-order valence-corrected chi connectivity index (χ4v) is 2.37. The standard InChI is InChI=1S/C14H17N5O4/c20-11-4-3-10(8-1-2-8)18-19(11)6-5-15-12(21)9-7-16-14(23)17-13(9)22/h3-4,8-9H,1-2,5-7H2,(H,15,21)(H2,16,17,22,23). The number of rotatable bonds is 5. The number of carbonyl (C=O) groups excluding carboxylic acids is 3. The molecule has 1 unspecified atom stereocenters. The number of hydrogen-bond donors (Lipinski definition) is 3. The van der Waals surface area contributed by atoms with Crippen LogP contribution in [0, 0.1) is 5.92 Å². The number of nitrogens with one attached hydrogen (secondary N) is 3. The SMILES string of the molecule is O=C1NCC(C(=O)NCCn2nc(C3CC3)ccc2=O)C(=O)N1. The van der Waals surface area contributed by atoms with Crippen LogP contribution in [-0.2, 0) is 16.1 Å². The molecule has 1 aromatic rings. The van der Waals surface area contributed by atoms with Crippen molar-refractivity contribution in [3.8, 4) is 0 Å². The summed E-state index contributed by atoms with van der Waals surface area (Å²) in [4.78, 5) is 46.2. The molecule has 4 amide bonds. The molecule has 1 aromatic heterocycles. The first-order valence-corrected chi connectivity index (χ1v) is 7.49. The molecule has 3 rings (SSSR count). The zero-order valence-electron chi connectivity index (χ0n) is 12.4. The lowest BCUT2D eigenvalue weighted by molar-refractivity contribution is -0.135. The molecule has 1 aliphatic heterocycles.